The lowest BCUT2D eigenvalue weighted by molar-refractivity contribution is -0.385. The molecule has 0 radical (unpaired) electrons. The van der Waals surface area contributed by atoms with Gasteiger partial charge in [-0.05, 0) is 36.8 Å². The molecule has 0 aliphatic carbocycles. The fraction of sp³-hybridized carbons (Fsp3) is 0.200. The summed E-state index contributed by atoms with van der Waals surface area (Å²) in [5.41, 5.74) is 0.828. The Morgan fingerprint density at radius 3 is 2.14 bits per heavy atom. The van der Waals surface area contributed by atoms with Gasteiger partial charge in [0.05, 0.1) is 4.92 Å². The molecule has 2 rings (SSSR count). The summed E-state index contributed by atoms with van der Waals surface area (Å²) < 4.78 is 7.30. The third-order valence-corrected chi connectivity index (χ3v) is 3.46. The summed E-state index contributed by atoms with van der Waals surface area (Å²) in [6, 6.07) is 10.1. The summed E-state index contributed by atoms with van der Waals surface area (Å²) in [4.78, 5) is 10.5. The van der Waals surface area contributed by atoms with Gasteiger partial charge in [0.25, 0.3) is 0 Å². The fourth-order valence-corrected chi connectivity index (χ4v) is 2.38. The molecule has 4 nitrogen and oxygen atoms in total. The van der Waals surface area contributed by atoms with E-state index in [1.807, 2.05) is 32.9 Å². The second kappa shape index (κ2) is 8.14. The Kier molecular flexibility index (Phi) is 6.84. The van der Waals surface area contributed by atoms with Crippen LogP contribution in [0.1, 0.15) is 19.4 Å². The van der Waals surface area contributed by atoms with E-state index in [0.29, 0.717) is 5.75 Å². The molecule has 0 bridgehead atoms. The molecule has 0 N–H and O–H groups in total. The highest BCUT2D eigenvalue weighted by molar-refractivity contribution is 9.10. The number of hydrogen-bond acceptors (Lipinski definition) is 3. The molecular weight excluding hydrogens is 402 g/mol. The number of nitro groups is 1. The third kappa shape index (κ3) is 4.82. The maximum atomic E-state index is 11.0. The van der Waals surface area contributed by atoms with Crippen LogP contribution in [0, 0.1) is 17.0 Å². The minimum absolute atomic E-state index is 0.0643. The number of ether oxygens (including phenoxy) is 1. The summed E-state index contributed by atoms with van der Waals surface area (Å²) in [5, 5.41) is 11.0. The van der Waals surface area contributed by atoms with Crippen LogP contribution in [0.4, 0.5) is 5.69 Å². The predicted octanol–water partition coefficient (Wildman–Crippen LogP) is 6.25. The topological polar surface area (TPSA) is 52.4 Å². The van der Waals surface area contributed by atoms with E-state index >= 15 is 0 Å². The van der Waals surface area contributed by atoms with E-state index < -0.39 is 4.92 Å². The van der Waals surface area contributed by atoms with Gasteiger partial charge in [0.1, 0.15) is 5.75 Å². The Morgan fingerprint density at radius 1 is 1.00 bits per heavy atom. The SMILES string of the molecule is CC.Cc1cc(Br)ccc1Oc1cc(Br)ccc1[N+](=O)[O-]. The van der Waals surface area contributed by atoms with E-state index in [4.69, 9.17) is 4.74 Å². The summed E-state index contributed by atoms with van der Waals surface area (Å²) >= 11 is 6.64. The molecule has 0 fully saturated rings. The Labute approximate surface area is 140 Å². The van der Waals surface area contributed by atoms with Crippen LogP contribution in [0.2, 0.25) is 0 Å². The lowest BCUT2D eigenvalue weighted by Gasteiger charge is -2.09. The van der Waals surface area contributed by atoms with Crippen LogP contribution in [0.15, 0.2) is 45.3 Å². The fourth-order valence-electron chi connectivity index (χ4n) is 1.57. The second-order valence-corrected chi connectivity index (χ2v) is 5.71. The first-order valence-electron chi connectivity index (χ1n) is 6.35. The van der Waals surface area contributed by atoms with Crippen LogP contribution in [-0.4, -0.2) is 4.92 Å². The number of nitrogens with zero attached hydrogens (tertiary/aromatic N) is 1. The number of nitro benzene ring substituents is 1. The van der Waals surface area contributed by atoms with Gasteiger partial charge in [0, 0.05) is 21.1 Å². The van der Waals surface area contributed by atoms with Crippen molar-refractivity contribution in [2.45, 2.75) is 20.8 Å². The number of hydrogen-bond donors (Lipinski definition) is 0. The molecule has 2 aromatic rings. The van der Waals surface area contributed by atoms with E-state index in [9.17, 15) is 10.1 Å². The van der Waals surface area contributed by atoms with Gasteiger partial charge in [0.15, 0.2) is 0 Å². The minimum atomic E-state index is -0.462. The van der Waals surface area contributed by atoms with Crippen molar-refractivity contribution in [1.29, 1.82) is 0 Å². The minimum Gasteiger partial charge on any atom is -0.450 e. The maximum Gasteiger partial charge on any atom is 0.311 e. The Balaban J connectivity index is 0.00000106. The normalized spacial score (nSPS) is 9.57. The van der Waals surface area contributed by atoms with Gasteiger partial charge in [-0.15, -0.1) is 0 Å². The molecule has 0 saturated carbocycles. The standard InChI is InChI=1S/C13H9Br2NO3.C2H6/c1-8-6-9(14)3-5-12(8)19-13-7-10(15)2-4-11(13)16(17)18;1-2/h2-7H,1H3;1-2H3. The first-order chi connectivity index (χ1) is 9.97. The van der Waals surface area contributed by atoms with Crippen LogP contribution in [0.25, 0.3) is 0 Å². The maximum absolute atomic E-state index is 11.0. The van der Waals surface area contributed by atoms with Gasteiger partial charge in [-0.2, -0.15) is 0 Å². The van der Waals surface area contributed by atoms with Crippen molar-refractivity contribution in [1.82, 2.24) is 0 Å². The molecule has 2 aromatic carbocycles. The monoisotopic (exact) mass is 415 g/mol. The van der Waals surface area contributed by atoms with E-state index in [-0.39, 0.29) is 11.4 Å². The zero-order chi connectivity index (χ0) is 16.0. The molecule has 0 unspecified atom stereocenters. The predicted molar refractivity (Wildman–Crippen MR) is 91.1 cm³/mol. The van der Waals surface area contributed by atoms with E-state index in [1.165, 1.54) is 6.07 Å². The Bertz CT molecular complexity index is 645. The van der Waals surface area contributed by atoms with Gasteiger partial charge in [-0.3, -0.25) is 10.1 Å². The molecule has 0 amide bonds. The largest absolute Gasteiger partial charge is 0.450 e. The number of halogens is 2. The first kappa shape index (κ1) is 17.7. The lowest BCUT2D eigenvalue weighted by atomic mass is 10.2. The van der Waals surface area contributed by atoms with Gasteiger partial charge < -0.3 is 4.74 Å². The average Bonchev–Trinajstić information content (AvgIpc) is 2.44. The van der Waals surface area contributed by atoms with Crippen molar-refractivity contribution < 1.29 is 9.66 Å². The number of aryl methyl sites for hydroxylation is 1. The molecular formula is C15H15Br2NO3. The van der Waals surface area contributed by atoms with Crippen LogP contribution < -0.4 is 4.74 Å². The summed E-state index contributed by atoms with van der Waals surface area (Å²) in [6.45, 7) is 5.88. The highest BCUT2D eigenvalue weighted by atomic mass is 79.9. The smallest absolute Gasteiger partial charge is 0.311 e. The van der Waals surface area contributed by atoms with Crippen LogP contribution in [-0.2, 0) is 0 Å². The Hall–Kier alpha value is -1.40. The molecule has 0 atom stereocenters. The molecule has 0 saturated heterocycles. The van der Waals surface area contributed by atoms with Crippen LogP contribution in [0.5, 0.6) is 11.5 Å². The quantitative estimate of drug-likeness (QED) is 0.439. The van der Waals surface area contributed by atoms with Gasteiger partial charge >= 0.3 is 5.69 Å². The molecule has 0 aliphatic heterocycles. The lowest BCUT2D eigenvalue weighted by Crippen LogP contribution is -1.94. The number of rotatable bonds is 3. The third-order valence-electron chi connectivity index (χ3n) is 2.48. The molecule has 0 aromatic heterocycles. The van der Waals surface area contributed by atoms with Gasteiger partial charge in [-0.25, -0.2) is 0 Å². The zero-order valence-electron chi connectivity index (χ0n) is 11.9. The van der Waals surface area contributed by atoms with Crippen molar-refractivity contribution >= 4 is 37.5 Å². The molecule has 0 aliphatic rings. The van der Waals surface area contributed by atoms with Crippen molar-refractivity contribution in [3.8, 4) is 11.5 Å². The van der Waals surface area contributed by atoms with E-state index in [0.717, 1.165) is 14.5 Å². The molecule has 112 valence electrons. The molecule has 0 heterocycles. The highest BCUT2D eigenvalue weighted by Gasteiger charge is 2.16. The van der Waals surface area contributed by atoms with Crippen molar-refractivity contribution in [3.05, 3.63) is 61.0 Å². The van der Waals surface area contributed by atoms with E-state index in [1.54, 1.807) is 18.2 Å². The molecule has 0 spiro atoms. The molecule has 6 heteroatoms. The first-order valence-corrected chi connectivity index (χ1v) is 7.94. The number of benzene rings is 2. The second-order valence-electron chi connectivity index (χ2n) is 3.88. The summed E-state index contributed by atoms with van der Waals surface area (Å²) in [7, 11) is 0. The Morgan fingerprint density at radius 2 is 1.57 bits per heavy atom. The zero-order valence-corrected chi connectivity index (χ0v) is 15.1. The molecule has 21 heavy (non-hydrogen) atoms. The van der Waals surface area contributed by atoms with Gasteiger partial charge in [-0.1, -0.05) is 45.7 Å². The van der Waals surface area contributed by atoms with Crippen molar-refractivity contribution in [2.24, 2.45) is 0 Å². The van der Waals surface area contributed by atoms with Crippen molar-refractivity contribution in [2.75, 3.05) is 0 Å². The van der Waals surface area contributed by atoms with Crippen molar-refractivity contribution in [3.63, 3.8) is 0 Å². The van der Waals surface area contributed by atoms with E-state index in [2.05, 4.69) is 31.9 Å². The summed E-state index contributed by atoms with van der Waals surface area (Å²) in [5.74, 6) is 0.800. The average molecular weight is 417 g/mol. The van der Waals surface area contributed by atoms with Gasteiger partial charge in [0.2, 0.25) is 5.75 Å². The summed E-state index contributed by atoms with van der Waals surface area (Å²) in [6.07, 6.45) is 0. The van der Waals surface area contributed by atoms with Crippen LogP contribution in [0.3, 0.4) is 0 Å². The highest BCUT2D eigenvalue weighted by Crippen LogP contribution is 2.35. The van der Waals surface area contributed by atoms with Crippen LogP contribution >= 0.6 is 31.9 Å².